The van der Waals surface area contributed by atoms with Gasteiger partial charge < -0.3 is 5.11 Å². The van der Waals surface area contributed by atoms with Crippen LogP contribution >= 0.6 is 23.1 Å². The van der Waals surface area contributed by atoms with Crippen LogP contribution in [0.25, 0.3) is 11.1 Å². The molecule has 0 amide bonds. The monoisotopic (exact) mass is 356 g/mol. The second-order valence-electron chi connectivity index (χ2n) is 5.55. The fourth-order valence-corrected chi connectivity index (χ4v) is 4.21. The fraction of sp³-hybridized carbons (Fsp3) is 0.167. The molecule has 0 atom stereocenters. The van der Waals surface area contributed by atoms with Gasteiger partial charge in [0.25, 0.3) is 0 Å². The highest BCUT2D eigenvalue weighted by Gasteiger charge is 2.12. The van der Waals surface area contributed by atoms with Crippen LogP contribution in [0.15, 0.2) is 58.2 Å². The van der Waals surface area contributed by atoms with Gasteiger partial charge in [0, 0.05) is 22.9 Å². The van der Waals surface area contributed by atoms with Crippen molar-refractivity contribution in [2.45, 2.75) is 29.0 Å². The van der Waals surface area contributed by atoms with E-state index in [-0.39, 0.29) is 4.88 Å². The number of pyridine rings is 1. The number of carbonyl (C=O) groups is 1. The number of carboxylic acids is 1. The Hall–Kier alpha value is -2.18. The molecule has 24 heavy (non-hydrogen) atoms. The van der Waals surface area contributed by atoms with Crippen molar-refractivity contribution in [3.8, 4) is 11.1 Å². The summed E-state index contributed by atoms with van der Waals surface area (Å²) >= 11 is 2.60. The number of hydrogen-bond donors (Lipinski definition) is 1. The third-order valence-corrected chi connectivity index (χ3v) is 5.53. The zero-order valence-electron chi connectivity index (χ0n) is 13.3. The molecule has 0 saturated heterocycles. The minimum Gasteiger partial charge on any atom is -0.477 e. The van der Waals surface area contributed by atoms with Gasteiger partial charge in [0.1, 0.15) is 4.88 Å². The number of carboxylic acid groups (broad SMARTS) is 1. The Bertz CT molecular complexity index is 875. The van der Waals surface area contributed by atoms with Crippen LogP contribution in [0.1, 0.15) is 35.0 Å². The summed E-state index contributed by atoms with van der Waals surface area (Å²) in [5, 5.41) is 8.99. The van der Waals surface area contributed by atoms with Gasteiger partial charge in [-0.2, -0.15) is 0 Å². The van der Waals surface area contributed by atoms with Crippen molar-refractivity contribution in [2.75, 3.05) is 0 Å². The molecule has 2 heterocycles. The molecular weight excluding hydrogens is 340 g/mol. The van der Waals surface area contributed by atoms with Crippen molar-refractivity contribution < 1.29 is 9.90 Å². The Kier molecular flexibility index (Phi) is 4.97. The molecule has 0 spiro atoms. The minimum absolute atomic E-state index is 0.242. The van der Waals surface area contributed by atoms with Crippen molar-refractivity contribution in [1.29, 1.82) is 0 Å². The van der Waals surface area contributed by atoms with Gasteiger partial charge in [-0.3, -0.25) is 4.98 Å². The summed E-state index contributed by atoms with van der Waals surface area (Å²) in [6.45, 7) is 4.35. The van der Waals surface area contributed by atoms with Crippen molar-refractivity contribution in [1.82, 2.24) is 9.97 Å². The number of rotatable bonds is 5. The van der Waals surface area contributed by atoms with Crippen molar-refractivity contribution >= 4 is 29.1 Å². The van der Waals surface area contributed by atoms with Gasteiger partial charge in [-0.25, -0.2) is 9.78 Å². The lowest BCUT2D eigenvalue weighted by Gasteiger charge is -2.13. The van der Waals surface area contributed by atoms with E-state index in [4.69, 9.17) is 5.11 Å². The molecule has 2 aromatic heterocycles. The van der Waals surface area contributed by atoms with Gasteiger partial charge in [-0.05, 0) is 23.1 Å². The van der Waals surface area contributed by atoms with E-state index in [0.717, 1.165) is 10.5 Å². The zero-order chi connectivity index (χ0) is 17.1. The normalized spacial score (nSPS) is 11.0. The zero-order valence-corrected chi connectivity index (χ0v) is 14.9. The molecule has 0 radical (unpaired) electrons. The maximum Gasteiger partial charge on any atom is 0.347 e. The molecule has 0 saturated carbocycles. The first-order valence-electron chi connectivity index (χ1n) is 7.46. The van der Waals surface area contributed by atoms with Crippen molar-refractivity contribution in [2.24, 2.45) is 0 Å². The summed E-state index contributed by atoms with van der Waals surface area (Å²) < 4.78 is 0.698. The highest BCUT2D eigenvalue weighted by atomic mass is 32.2. The molecule has 1 aromatic carbocycles. The molecule has 0 aliphatic heterocycles. The van der Waals surface area contributed by atoms with Crippen LogP contribution in [0.3, 0.4) is 0 Å². The SMILES string of the molecule is CC(C)c1ccccc1-c1cncc(Sc2ncc(C(=O)O)s2)c1. The Morgan fingerprint density at radius 3 is 2.71 bits per heavy atom. The van der Waals surface area contributed by atoms with Gasteiger partial charge in [0.05, 0.1) is 6.20 Å². The van der Waals surface area contributed by atoms with Gasteiger partial charge in [0.15, 0.2) is 4.34 Å². The number of benzene rings is 1. The number of aromatic nitrogens is 2. The Morgan fingerprint density at radius 1 is 1.21 bits per heavy atom. The van der Waals surface area contributed by atoms with E-state index in [1.807, 2.05) is 18.3 Å². The van der Waals surface area contributed by atoms with E-state index in [0.29, 0.717) is 10.3 Å². The molecule has 3 aromatic rings. The molecule has 3 rings (SSSR count). The Morgan fingerprint density at radius 2 is 2.00 bits per heavy atom. The summed E-state index contributed by atoms with van der Waals surface area (Å²) in [7, 11) is 0. The van der Waals surface area contributed by atoms with Crippen LogP contribution in [0, 0.1) is 0 Å². The lowest BCUT2D eigenvalue weighted by Crippen LogP contribution is -1.92. The molecule has 1 N–H and O–H groups in total. The van der Waals surface area contributed by atoms with E-state index < -0.39 is 5.97 Å². The molecule has 0 unspecified atom stereocenters. The molecule has 0 aliphatic rings. The molecule has 0 bridgehead atoms. The predicted octanol–water partition coefficient (Wildman–Crippen LogP) is 5.18. The van der Waals surface area contributed by atoms with Crippen LogP contribution in [-0.4, -0.2) is 21.0 Å². The molecule has 0 fully saturated rings. The molecule has 122 valence electrons. The summed E-state index contributed by atoms with van der Waals surface area (Å²) in [4.78, 5) is 20.6. The topological polar surface area (TPSA) is 63.1 Å². The van der Waals surface area contributed by atoms with Crippen LogP contribution in [0.4, 0.5) is 0 Å². The third kappa shape index (κ3) is 3.66. The maximum atomic E-state index is 11.0. The number of thiazole rings is 1. The Labute approximate surface area is 148 Å². The second-order valence-corrected chi connectivity index (χ2v) is 7.90. The average molecular weight is 356 g/mol. The summed E-state index contributed by atoms with van der Waals surface area (Å²) in [5.74, 6) is -0.522. The van der Waals surface area contributed by atoms with E-state index in [1.54, 1.807) is 6.20 Å². The van der Waals surface area contributed by atoms with Gasteiger partial charge in [0.2, 0.25) is 0 Å². The van der Waals surface area contributed by atoms with E-state index >= 15 is 0 Å². The van der Waals surface area contributed by atoms with Crippen LogP contribution in [-0.2, 0) is 0 Å². The molecule has 4 nitrogen and oxygen atoms in total. The average Bonchev–Trinajstić information content (AvgIpc) is 3.04. The third-order valence-electron chi connectivity index (χ3n) is 3.51. The van der Waals surface area contributed by atoms with E-state index in [9.17, 15) is 4.79 Å². The van der Waals surface area contributed by atoms with Crippen molar-refractivity contribution in [3.63, 3.8) is 0 Å². The lowest BCUT2D eigenvalue weighted by molar-refractivity contribution is 0.0702. The largest absolute Gasteiger partial charge is 0.477 e. The number of aromatic carboxylic acids is 1. The highest BCUT2D eigenvalue weighted by Crippen LogP contribution is 2.34. The van der Waals surface area contributed by atoms with Crippen LogP contribution in [0.2, 0.25) is 0 Å². The fourth-order valence-electron chi connectivity index (χ4n) is 2.39. The maximum absolute atomic E-state index is 11.0. The standard InChI is InChI=1S/C18H16N2O2S2/c1-11(2)14-5-3-4-6-15(14)12-7-13(9-19-8-12)23-18-20-10-16(24-18)17(21)22/h3-11H,1-2H3,(H,21,22). The lowest BCUT2D eigenvalue weighted by atomic mass is 9.93. The van der Waals surface area contributed by atoms with Crippen LogP contribution in [0.5, 0.6) is 0 Å². The van der Waals surface area contributed by atoms with Gasteiger partial charge >= 0.3 is 5.97 Å². The second kappa shape index (κ2) is 7.15. The summed E-state index contributed by atoms with van der Waals surface area (Å²) in [6, 6.07) is 10.4. The first-order chi connectivity index (χ1) is 11.5. The van der Waals surface area contributed by atoms with Crippen molar-refractivity contribution in [3.05, 3.63) is 59.4 Å². The van der Waals surface area contributed by atoms with E-state index in [2.05, 4.69) is 42.0 Å². The van der Waals surface area contributed by atoms with Gasteiger partial charge in [-0.15, -0.1) is 11.3 Å². The number of nitrogens with zero attached hydrogens (tertiary/aromatic N) is 2. The molecule has 6 heteroatoms. The number of hydrogen-bond acceptors (Lipinski definition) is 5. The highest BCUT2D eigenvalue weighted by molar-refractivity contribution is 8.01. The Balaban J connectivity index is 1.91. The van der Waals surface area contributed by atoms with Gasteiger partial charge in [-0.1, -0.05) is 49.9 Å². The first kappa shape index (κ1) is 16.7. The molecular formula is C18H16N2O2S2. The smallest absolute Gasteiger partial charge is 0.347 e. The predicted molar refractivity (Wildman–Crippen MR) is 97.0 cm³/mol. The first-order valence-corrected chi connectivity index (χ1v) is 9.09. The van der Waals surface area contributed by atoms with Crippen LogP contribution < -0.4 is 0 Å². The summed E-state index contributed by atoms with van der Waals surface area (Å²) in [5.41, 5.74) is 3.51. The summed E-state index contributed by atoms with van der Waals surface area (Å²) in [6.07, 6.45) is 5.02. The molecule has 0 aliphatic carbocycles. The quantitative estimate of drug-likeness (QED) is 0.682. The van der Waals surface area contributed by atoms with E-state index in [1.165, 1.54) is 40.4 Å². The minimum atomic E-state index is -0.947.